The van der Waals surface area contributed by atoms with Gasteiger partial charge < -0.3 is 10.1 Å². The van der Waals surface area contributed by atoms with Gasteiger partial charge in [0.2, 0.25) is 5.88 Å². The molecule has 1 aliphatic heterocycles. The van der Waals surface area contributed by atoms with Crippen LogP contribution in [0.1, 0.15) is 12.8 Å². The summed E-state index contributed by atoms with van der Waals surface area (Å²) in [6, 6.07) is 1.79. The largest absolute Gasteiger partial charge is 0.477 e. The van der Waals surface area contributed by atoms with Crippen LogP contribution in [-0.2, 0) is 0 Å². The second-order valence-electron chi connectivity index (χ2n) is 3.94. The van der Waals surface area contributed by atoms with Gasteiger partial charge in [0.25, 0.3) is 0 Å². The molecule has 88 valence electrons. The van der Waals surface area contributed by atoms with Gasteiger partial charge >= 0.3 is 0 Å². The van der Waals surface area contributed by atoms with Crippen LogP contribution in [0, 0.1) is 5.92 Å². The minimum absolute atomic E-state index is 0.610. The van der Waals surface area contributed by atoms with Crippen molar-refractivity contribution in [2.24, 2.45) is 5.92 Å². The monoisotopic (exact) mass is 304 g/mol. The van der Waals surface area contributed by atoms with Crippen molar-refractivity contribution in [2.45, 2.75) is 12.8 Å². The Morgan fingerprint density at radius 2 is 2.50 bits per heavy atom. The van der Waals surface area contributed by atoms with Crippen molar-refractivity contribution >= 4 is 27.5 Å². The number of ether oxygens (including phenoxy) is 1. The average molecular weight is 306 g/mol. The highest BCUT2D eigenvalue weighted by molar-refractivity contribution is 9.10. The molecular formula is C11H14BrClN2O. The molecule has 5 heteroatoms. The van der Waals surface area contributed by atoms with Gasteiger partial charge in [0, 0.05) is 6.20 Å². The molecule has 1 saturated heterocycles. The van der Waals surface area contributed by atoms with E-state index in [2.05, 4.69) is 26.2 Å². The molecule has 3 nitrogen and oxygen atoms in total. The Hall–Kier alpha value is -0.320. The SMILES string of the molecule is Clc1cnc(OCCC2CCNC2)c(Br)c1. The maximum atomic E-state index is 5.80. The molecule has 0 aromatic carbocycles. The van der Waals surface area contributed by atoms with Crippen LogP contribution in [-0.4, -0.2) is 24.7 Å². The van der Waals surface area contributed by atoms with E-state index in [1.807, 2.05) is 0 Å². The highest BCUT2D eigenvalue weighted by Gasteiger charge is 2.14. The van der Waals surface area contributed by atoms with Gasteiger partial charge in [0.15, 0.2) is 0 Å². The minimum Gasteiger partial charge on any atom is -0.477 e. The number of hydrogen-bond acceptors (Lipinski definition) is 3. The summed E-state index contributed by atoms with van der Waals surface area (Å²) < 4.78 is 6.42. The summed E-state index contributed by atoms with van der Waals surface area (Å²) in [7, 11) is 0. The van der Waals surface area contributed by atoms with Gasteiger partial charge in [-0.05, 0) is 53.8 Å². The summed E-state index contributed by atoms with van der Waals surface area (Å²) in [5.74, 6) is 1.36. The van der Waals surface area contributed by atoms with E-state index >= 15 is 0 Å². The number of nitrogens with zero attached hydrogens (tertiary/aromatic N) is 1. The summed E-state index contributed by atoms with van der Waals surface area (Å²) in [5, 5.41) is 3.95. The van der Waals surface area contributed by atoms with E-state index in [0.29, 0.717) is 17.5 Å². The molecule has 1 aromatic heterocycles. The van der Waals surface area contributed by atoms with Crippen molar-refractivity contribution in [3.63, 3.8) is 0 Å². The lowest BCUT2D eigenvalue weighted by molar-refractivity contribution is 0.272. The van der Waals surface area contributed by atoms with E-state index in [-0.39, 0.29) is 0 Å². The van der Waals surface area contributed by atoms with Gasteiger partial charge in [0.05, 0.1) is 16.1 Å². The van der Waals surface area contributed by atoms with E-state index in [9.17, 15) is 0 Å². The molecule has 0 aliphatic carbocycles. The fourth-order valence-electron chi connectivity index (χ4n) is 1.79. The maximum absolute atomic E-state index is 5.80. The van der Waals surface area contributed by atoms with Gasteiger partial charge in [0.1, 0.15) is 0 Å². The molecule has 0 radical (unpaired) electrons. The number of hydrogen-bond donors (Lipinski definition) is 1. The van der Waals surface area contributed by atoms with E-state index in [0.717, 1.165) is 29.9 Å². The summed E-state index contributed by atoms with van der Waals surface area (Å²) in [5.41, 5.74) is 0. The Morgan fingerprint density at radius 3 is 3.19 bits per heavy atom. The summed E-state index contributed by atoms with van der Waals surface area (Å²) >= 11 is 9.17. The van der Waals surface area contributed by atoms with E-state index < -0.39 is 0 Å². The zero-order valence-corrected chi connectivity index (χ0v) is 11.2. The normalized spacial score (nSPS) is 20.0. The lowest BCUT2D eigenvalue weighted by Gasteiger charge is -2.10. The first-order chi connectivity index (χ1) is 7.75. The summed E-state index contributed by atoms with van der Waals surface area (Å²) in [6.45, 7) is 2.95. The molecule has 1 fully saturated rings. The Bertz CT molecular complexity index is 356. The van der Waals surface area contributed by atoms with Crippen LogP contribution in [0.3, 0.4) is 0 Å². The lowest BCUT2D eigenvalue weighted by Crippen LogP contribution is -2.12. The van der Waals surface area contributed by atoms with E-state index in [4.69, 9.17) is 16.3 Å². The third-order valence-corrected chi connectivity index (χ3v) is 3.48. The average Bonchev–Trinajstić information content (AvgIpc) is 2.74. The number of pyridine rings is 1. The Balaban J connectivity index is 1.80. The van der Waals surface area contributed by atoms with Crippen LogP contribution in [0.2, 0.25) is 5.02 Å². The smallest absolute Gasteiger partial charge is 0.228 e. The topological polar surface area (TPSA) is 34.1 Å². The Kier molecular flexibility index (Phi) is 4.44. The second-order valence-corrected chi connectivity index (χ2v) is 5.23. The number of rotatable bonds is 4. The molecule has 1 unspecified atom stereocenters. The molecule has 0 bridgehead atoms. The molecular weight excluding hydrogens is 291 g/mol. The highest BCUT2D eigenvalue weighted by Crippen LogP contribution is 2.25. The predicted octanol–water partition coefficient (Wildman–Crippen LogP) is 2.88. The van der Waals surface area contributed by atoms with Crippen LogP contribution in [0.5, 0.6) is 5.88 Å². The fourth-order valence-corrected chi connectivity index (χ4v) is 2.54. The van der Waals surface area contributed by atoms with Crippen LogP contribution in [0.25, 0.3) is 0 Å². The van der Waals surface area contributed by atoms with Crippen molar-refractivity contribution in [1.82, 2.24) is 10.3 Å². The Labute approximate surface area is 109 Å². The number of halogens is 2. The Morgan fingerprint density at radius 1 is 1.62 bits per heavy atom. The van der Waals surface area contributed by atoms with Crippen molar-refractivity contribution in [3.8, 4) is 5.88 Å². The summed E-state index contributed by atoms with van der Waals surface area (Å²) in [4.78, 5) is 4.13. The van der Waals surface area contributed by atoms with Crippen molar-refractivity contribution in [2.75, 3.05) is 19.7 Å². The molecule has 2 heterocycles. The first-order valence-electron chi connectivity index (χ1n) is 5.40. The molecule has 1 aliphatic rings. The number of nitrogens with one attached hydrogen (secondary N) is 1. The maximum Gasteiger partial charge on any atom is 0.228 e. The first-order valence-corrected chi connectivity index (χ1v) is 6.57. The van der Waals surface area contributed by atoms with Crippen molar-refractivity contribution in [1.29, 1.82) is 0 Å². The summed E-state index contributed by atoms with van der Waals surface area (Å²) in [6.07, 6.45) is 3.92. The zero-order valence-electron chi connectivity index (χ0n) is 8.88. The third-order valence-electron chi connectivity index (χ3n) is 2.70. The van der Waals surface area contributed by atoms with Gasteiger partial charge in [-0.3, -0.25) is 0 Å². The second kappa shape index (κ2) is 5.84. The molecule has 0 spiro atoms. The van der Waals surface area contributed by atoms with Crippen molar-refractivity contribution < 1.29 is 4.74 Å². The molecule has 1 atom stereocenters. The van der Waals surface area contributed by atoms with Crippen molar-refractivity contribution in [3.05, 3.63) is 21.8 Å². The van der Waals surface area contributed by atoms with Gasteiger partial charge in [-0.25, -0.2) is 4.98 Å². The molecule has 16 heavy (non-hydrogen) atoms. The van der Waals surface area contributed by atoms with Gasteiger partial charge in [-0.1, -0.05) is 11.6 Å². The van der Waals surface area contributed by atoms with Gasteiger partial charge in [-0.15, -0.1) is 0 Å². The minimum atomic E-state index is 0.610. The van der Waals surface area contributed by atoms with Gasteiger partial charge in [-0.2, -0.15) is 0 Å². The number of aromatic nitrogens is 1. The van der Waals surface area contributed by atoms with E-state index in [1.165, 1.54) is 6.42 Å². The molecule has 1 aromatic rings. The highest BCUT2D eigenvalue weighted by atomic mass is 79.9. The first kappa shape index (κ1) is 12.1. The molecule has 1 N–H and O–H groups in total. The quantitative estimate of drug-likeness (QED) is 0.929. The molecule has 0 amide bonds. The van der Waals surface area contributed by atoms with Crippen LogP contribution in [0.4, 0.5) is 0 Å². The fraction of sp³-hybridized carbons (Fsp3) is 0.545. The third kappa shape index (κ3) is 3.34. The standard InChI is InChI=1S/C11H14BrClN2O/c12-10-5-9(13)7-15-11(10)16-4-2-8-1-3-14-6-8/h5,7-8,14H,1-4,6H2. The van der Waals surface area contributed by atoms with Crippen LogP contribution in [0.15, 0.2) is 16.7 Å². The van der Waals surface area contributed by atoms with Crippen LogP contribution >= 0.6 is 27.5 Å². The molecule has 0 saturated carbocycles. The lowest BCUT2D eigenvalue weighted by atomic mass is 10.1. The van der Waals surface area contributed by atoms with E-state index in [1.54, 1.807) is 12.3 Å². The molecule has 2 rings (SSSR count). The zero-order chi connectivity index (χ0) is 11.4. The predicted molar refractivity (Wildman–Crippen MR) is 68.0 cm³/mol. The van der Waals surface area contributed by atoms with Crippen LogP contribution < -0.4 is 10.1 Å².